The first-order valence-electron chi connectivity index (χ1n) is 6.70. The number of rotatable bonds is 6. The van der Waals surface area contributed by atoms with E-state index < -0.39 is 11.4 Å². The molecule has 120 valence electrons. The monoisotopic (exact) mass is 379 g/mol. The zero-order valence-electron chi connectivity index (χ0n) is 12.3. The molecule has 1 aromatic carbocycles. The Morgan fingerprint density at radius 3 is 2.61 bits per heavy atom. The largest absolute Gasteiger partial charge is 0.482 e. The van der Waals surface area contributed by atoms with Crippen LogP contribution in [-0.2, 0) is 22.7 Å². The molecule has 0 saturated heterocycles. The number of methoxy groups -OCH3 is 1. The van der Waals surface area contributed by atoms with Crippen molar-refractivity contribution in [2.45, 2.75) is 13.2 Å². The molecule has 0 aliphatic heterocycles. The summed E-state index contributed by atoms with van der Waals surface area (Å²) in [5.74, 6) is -0.906. The summed E-state index contributed by atoms with van der Waals surface area (Å²) in [6.07, 6.45) is 1.97. The number of carbonyl (C=O) groups is 2. The van der Waals surface area contributed by atoms with E-state index >= 15 is 0 Å². The zero-order chi connectivity index (χ0) is 16.8. The standard InChI is InChI=1S/C16H14BrNO5/c1-22-16(21)13-15(23-10-11-5-3-2-4-6-11)14(20)12(17)9-18(13)7-8-19/h2-6,8-9H,7,10H2,1H3. The van der Waals surface area contributed by atoms with Gasteiger partial charge in [0.1, 0.15) is 12.9 Å². The minimum Gasteiger partial charge on any atom is -0.482 e. The van der Waals surface area contributed by atoms with Crippen LogP contribution in [0.25, 0.3) is 0 Å². The first-order chi connectivity index (χ1) is 11.1. The third kappa shape index (κ3) is 3.87. The van der Waals surface area contributed by atoms with Crippen LogP contribution < -0.4 is 10.2 Å². The maximum atomic E-state index is 12.3. The highest BCUT2D eigenvalue weighted by Gasteiger charge is 2.23. The average Bonchev–Trinajstić information content (AvgIpc) is 2.57. The number of carbonyl (C=O) groups excluding carboxylic acids is 2. The number of hydrogen-bond donors (Lipinski definition) is 0. The van der Waals surface area contributed by atoms with Crippen molar-refractivity contribution in [3.05, 3.63) is 62.5 Å². The van der Waals surface area contributed by atoms with Crippen molar-refractivity contribution in [2.24, 2.45) is 0 Å². The van der Waals surface area contributed by atoms with Gasteiger partial charge in [0.2, 0.25) is 5.43 Å². The van der Waals surface area contributed by atoms with E-state index in [4.69, 9.17) is 9.47 Å². The molecule has 0 aliphatic rings. The van der Waals surface area contributed by atoms with Crippen molar-refractivity contribution in [1.29, 1.82) is 0 Å². The fraction of sp³-hybridized carbons (Fsp3) is 0.188. The van der Waals surface area contributed by atoms with E-state index in [0.717, 1.165) is 5.56 Å². The third-order valence-electron chi connectivity index (χ3n) is 3.07. The summed E-state index contributed by atoms with van der Waals surface area (Å²) < 4.78 is 11.8. The van der Waals surface area contributed by atoms with Crippen LogP contribution in [0.5, 0.6) is 5.75 Å². The summed E-state index contributed by atoms with van der Waals surface area (Å²) in [7, 11) is 1.20. The van der Waals surface area contributed by atoms with E-state index in [0.29, 0.717) is 6.29 Å². The minimum atomic E-state index is -0.750. The highest BCUT2D eigenvalue weighted by atomic mass is 79.9. The number of pyridine rings is 1. The fourth-order valence-electron chi connectivity index (χ4n) is 2.00. The Hall–Kier alpha value is -2.41. The topological polar surface area (TPSA) is 74.6 Å². The smallest absolute Gasteiger partial charge is 0.358 e. The van der Waals surface area contributed by atoms with Crippen molar-refractivity contribution in [1.82, 2.24) is 4.57 Å². The summed E-state index contributed by atoms with van der Waals surface area (Å²) in [5.41, 5.74) is 0.261. The first-order valence-corrected chi connectivity index (χ1v) is 7.49. The number of halogens is 1. The van der Waals surface area contributed by atoms with Crippen molar-refractivity contribution in [3.63, 3.8) is 0 Å². The molecule has 1 aromatic heterocycles. The van der Waals surface area contributed by atoms with Gasteiger partial charge in [-0.1, -0.05) is 30.3 Å². The van der Waals surface area contributed by atoms with E-state index in [-0.39, 0.29) is 29.1 Å². The normalized spacial score (nSPS) is 10.2. The Kier molecular flexibility index (Phi) is 5.70. The Labute approximate surface area is 140 Å². The molecule has 0 fully saturated rings. The average molecular weight is 380 g/mol. The minimum absolute atomic E-state index is 0.0938. The van der Waals surface area contributed by atoms with Gasteiger partial charge in [0, 0.05) is 6.20 Å². The lowest BCUT2D eigenvalue weighted by Crippen LogP contribution is -2.23. The molecule has 6 nitrogen and oxygen atoms in total. The summed E-state index contributed by atoms with van der Waals surface area (Å²) in [5, 5.41) is 0. The van der Waals surface area contributed by atoms with Gasteiger partial charge in [-0.05, 0) is 21.5 Å². The van der Waals surface area contributed by atoms with Gasteiger partial charge < -0.3 is 18.8 Å². The van der Waals surface area contributed by atoms with E-state index in [9.17, 15) is 14.4 Å². The van der Waals surface area contributed by atoms with E-state index in [1.54, 1.807) is 0 Å². The number of nitrogens with zero attached hydrogens (tertiary/aromatic N) is 1. The van der Waals surface area contributed by atoms with Gasteiger partial charge in [0.15, 0.2) is 11.4 Å². The predicted octanol–water partition coefficient (Wildman–Crippen LogP) is 2.18. The molecule has 1 heterocycles. The van der Waals surface area contributed by atoms with Crippen LogP contribution >= 0.6 is 15.9 Å². The second-order valence-corrected chi connectivity index (χ2v) is 5.42. The summed E-state index contributed by atoms with van der Waals surface area (Å²) in [6.45, 7) is 0.00261. The third-order valence-corrected chi connectivity index (χ3v) is 3.64. The molecule has 0 bridgehead atoms. The lowest BCUT2D eigenvalue weighted by molar-refractivity contribution is -0.108. The van der Waals surface area contributed by atoms with Crippen LogP contribution in [0.1, 0.15) is 16.1 Å². The molecular formula is C16H14BrNO5. The van der Waals surface area contributed by atoms with Crippen molar-refractivity contribution in [3.8, 4) is 5.75 Å². The van der Waals surface area contributed by atoms with Crippen molar-refractivity contribution in [2.75, 3.05) is 7.11 Å². The first kappa shape index (κ1) is 17.0. The number of hydrogen-bond acceptors (Lipinski definition) is 5. The number of ether oxygens (including phenoxy) is 2. The lowest BCUT2D eigenvalue weighted by atomic mass is 10.2. The van der Waals surface area contributed by atoms with Crippen LogP contribution in [0.2, 0.25) is 0 Å². The highest BCUT2D eigenvalue weighted by Crippen LogP contribution is 2.20. The molecule has 0 aliphatic carbocycles. The molecule has 0 amide bonds. The molecule has 2 rings (SSSR count). The van der Waals surface area contributed by atoms with Crippen molar-refractivity contribution >= 4 is 28.2 Å². The molecule has 0 saturated carbocycles. The van der Waals surface area contributed by atoms with Gasteiger partial charge in [-0.2, -0.15) is 0 Å². The maximum absolute atomic E-state index is 12.3. The lowest BCUT2D eigenvalue weighted by Gasteiger charge is -2.15. The van der Waals surface area contributed by atoms with Gasteiger partial charge in [-0.15, -0.1) is 0 Å². The second-order valence-electron chi connectivity index (χ2n) is 4.57. The van der Waals surface area contributed by atoms with Crippen LogP contribution in [0.4, 0.5) is 0 Å². The van der Waals surface area contributed by atoms with Gasteiger partial charge in [-0.3, -0.25) is 4.79 Å². The van der Waals surface area contributed by atoms with Gasteiger partial charge >= 0.3 is 5.97 Å². The summed E-state index contributed by atoms with van der Waals surface area (Å²) in [4.78, 5) is 35.1. The van der Waals surface area contributed by atoms with Crippen molar-refractivity contribution < 1.29 is 19.1 Å². The quantitative estimate of drug-likeness (QED) is 0.567. The molecule has 0 spiro atoms. The molecule has 0 atom stereocenters. The van der Waals surface area contributed by atoms with E-state index in [2.05, 4.69) is 15.9 Å². The SMILES string of the molecule is COC(=O)c1c(OCc2ccccc2)c(=O)c(Br)cn1CC=O. The second kappa shape index (κ2) is 7.73. The number of aldehydes is 1. The highest BCUT2D eigenvalue weighted by molar-refractivity contribution is 9.10. The van der Waals surface area contributed by atoms with E-state index in [1.807, 2.05) is 30.3 Å². The number of esters is 1. The predicted molar refractivity (Wildman–Crippen MR) is 86.6 cm³/mol. The fourth-order valence-corrected chi connectivity index (χ4v) is 2.43. The molecule has 0 unspecified atom stereocenters. The molecule has 7 heteroatoms. The zero-order valence-corrected chi connectivity index (χ0v) is 13.9. The Morgan fingerprint density at radius 2 is 2.00 bits per heavy atom. The number of benzene rings is 1. The molecule has 0 radical (unpaired) electrons. The van der Waals surface area contributed by atoms with Crippen LogP contribution in [-0.4, -0.2) is 23.9 Å². The molecule has 23 heavy (non-hydrogen) atoms. The van der Waals surface area contributed by atoms with E-state index in [1.165, 1.54) is 17.9 Å². The summed E-state index contributed by atoms with van der Waals surface area (Å²) >= 11 is 3.12. The molecule has 0 N–H and O–H groups in total. The van der Waals surface area contributed by atoms with Crippen LogP contribution in [0, 0.1) is 0 Å². The van der Waals surface area contributed by atoms with Crippen LogP contribution in [0.3, 0.4) is 0 Å². The van der Waals surface area contributed by atoms with Crippen LogP contribution in [0.15, 0.2) is 45.8 Å². The Bertz CT molecular complexity index is 770. The Morgan fingerprint density at radius 1 is 1.30 bits per heavy atom. The molecule has 2 aromatic rings. The maximum Gasteiger partial charge on any atom is 0.358 e. The van der Waals surface area contributed by atoms with Gasteiger partial charge in [0.25, 0.3) is 0 Å². The summed E-state index contributed by atoms with van der Waals surface area (Å²) in [6, 6.07) is 9.20. The number of aromatic nitrogens is 1. The van der Waals surface area contributed by atoms with Gasteiger partial charge in [-0.25, -0.2) is 4.79 Å². The van der Waals surface area contributed by atoms with Gasteiger partial charge in [0.05, 0.1) is 18.1 Å². The Balaban J connectivity index is 2.48. The molecular weight excluding hydrogens is 366 g/mol.